The van der Waals surface area contributed by atoms with Crippen LogP contribution in [0.15, 0.2) is 4.99 Å². The van der Waals surface area contributed by atoms with E-state index < -0.39 is 18.1 Å². The lowest BCUT2D eigenvalue weighted by Gasteiger charge is -2.29. The van der Waals surface area contributed by atoms with Crippen molar-refractivity contribution in [3.8, 4) is 0 Å². The molecule has 0 saturated heterocycles. The van der Waals surface area contributed by atoms with Crippen molar-refractivity contribution in [2.75, 3.05) is 44.4 Å². The third kappa shape index (κ3) is 10.8. The molecule has 0 radical (unpaired) electrons. The average molecular weight is 532 g/mol. The number of amides is 1. The number of aliphatic hydroxyl groups is 3. The van der Waals surface area contributed by atoms with Gasteiger partial charge in [-0.3, -0.25) is 15.1 Å². The Morgan fingerprint density at radius 2 is 1.78 bits per heavy atom. The van der Waals surface area contributed by atoms with E-state index in [0.29, 0.717) is 12.5 Å². The molecule has 1 aliphatic rings. The molecular weight excluding hydrogens is 494 g/mol. The summed E-state index contributed by atoms with van der Waals surface area (Å²) < 4.78 is 10.9. The molecule has 0 spiro atoms. The Labute approximate surface area is 215 Å². The van der Waals surface area contributed by atoms with Crippen LogP contribution in [0.3, 0.4) is 0 Å². The van der Waals surface area contributed by atoms with E-state index in [9.17, 15) is 15.0 Å². The number of nitrogen functional groups attached to an aromatic ring is 2. The molecule has 1 heterocycles. The van der Waals surface area contributed by atoms with Gasteiger partial charge < -0.3 is 42.0 Å². The van der Waals surface area contributed by atoms with Crippen LogP contribution >= 0.6 is 11.6 Å². The number of aromatic nitrogens is 2. The Balaban J connectivity index is 1.56. The highest BCUT2D eigenvalue weighted by Crippen LogP contribution is 2.29. The summed E-state index contributed by atoms with van der Waals surface area (Å²) in [4.78, 5) is 24.0. The number of halogens is 1. The molecule has 0 bridgehead atoms. The minimum absolute atomic E-state index is 0.0194. The lowest BCUT2D eigenvalue weighted by atomic mass is 9.84. The van der Waals surface area contributed by atoms with Crippen molar-refractivity contribution in [1.82, 2.24) is 15.3 Å². The number of carbonyl (C=O) groups is 1. The van der Waals surface area contributed by atoms with E-state index >= 15 is 0 Å². The SMILES string of the molecule is NC(=NCCCCC1CCC(OC[C@H](O)COC[C@H](O)CO)CC1)NC(=O)c1nc(Cl)c(N)nc1N. The first-order valence-corrected chi connectivity index (χ1v) is 12.4. The highest BCUT2D eigenvalue weighted by atomic mass is 35.5. The molecule has 14 heteroatoms. The van der Waals surface area contributed by atoms with Crippen molar-refractivity contribution in [2.45, 2.75) is 63.3 Å². The van der Waals surface area contributed by atoms with Gasteiger partial charge in [-0.2, -0.15) is 0 Å². The Hall–Kier alpha value is -2.29. The number of guanidine groups is 1. The van der Waals surface area contributed by atoms with Crippen LogP contribution < -0.4 is 22.5 Å². The summed E-state index contributed by atoms with van der Waals surface area (Å²) >= 11 is 5.78. The van der Waals surface area contributed by atoms with Crippen molar-refractivity contribution in [1.29, 1.82) is 0 Å². The van der Waals surface area contributed by atoms with Crippen LogP contribution in [0.25, 0.3) is 0 Å². The van der Waals surface area contributed by atoms with Gasteiger partial charge in [0.1, 0.15) is 12.2 Å². The minimum atomic E-state index is -0.936. The molecule has 0 unspecified atom stereocenters. The first-order valence-electron chi connectivity index (χ1n) is 12.1. The van der Waals surface area contributed by atoms with Crippen molar-refractivity contribution in [3.63, 3.8) is 0 Å². The molecule has 13 nitrogen and oxygen atoms in total. The number of nitrogens with zero attached hydrogens (tertiary/aromatic N) is 3. The van der Waals surface area contributed by atoms with E-state index in [0.717, 1.165) is 44.9 Å². The Morgan fingerprint density at radius 3 is 2.47 bits per heavy atom. The third-order valence-electron chi connectivity index (χ3n) is 5.81. The quantitative estimate of drug-likeness (QED) is 0.0945. The second-order valence-electron chi connectivity index (χ2n) is 8.85. The molecular formula is C22H38ClN7O6. The van der Waals surface area contributed by atoms with Crippen molar-refractivity contribution in [2.24, 2.45) is 16.6 Å². The highest BCUT2D eigenvalue weighted by molar-refractivity contribution is 6.31. The van der Waals surface area contributed by atoms with E-state index in [1.54, 1.807) is 0 Å². The molecule has 0 aromatic carbocycles. The van der Waals surface area contributed by atoms with Gasteiger partial charge >= 0.3 is 0 Å². The van der Waals surface area contributed by atoms with Gasteiger partial charge in [0.15, 0.2) is 28.4 Å². The fourth-order valence-electron chi connectivity index (χ4n) is 3.84. The predicted octanol–water partition coefficient (Wildman–Crippen LogP) is -0.185. The summed E-state index contributed by atoms with van der Waals surface area (Å²) in [5.74, 6) is -0.296. The average Bonchev–Trinajstić information content (AvgIpc) is 2.85. The number of aliphatic hydroxyl groups excluding tert-OH is 3. The number of ether oxygens (including phenoxy) is 2. The van der Waals surface area contributed by atoms with Gasteiger partial charge in [-0.05, 0) is 38.0 Å². The maximum atomic E-state index is 12.2. The zero-order valence-electron chi connectivity index (χ0n) is 20.3. The number of hydrogen-bond donors (Lipinski definition) is 7. The summed E-state index contributed by atoms with van der Waals surface area (Å²) in [6.45, 7) is 0.326. The minimum Gasteiger partial charge on any atom is -0.394 e. The predicted molar refractivity (Wildman–Crippen MR) is 135 cm³/mol. The zero-order valence-corrected chi connectivity index (χ0v) is 21.1. The Morgan fingerprint density at radius 1 is 1.08 bits per heavy atom. The monoisotopic (exact) mass is 531 g/mol. The van der Waals surface area contributed by atoms with Crippen LogP contribution in [0.4, 0.5) is 11.6 Å². The van der Waals surface area contributed by atoms with E-state index in [2.05, 4.69) is 20.3 Å². The van der Waals surface area contributed by atoms with Crippen LogP contribution in [-0.2, 0) is 9.47 Å². The lowest BCUT2D eigenvalue weighted by Crippen LogP contribution is -2.38. The molecule has 10 N–H and O–H groups in total. The van der Waals surface area contributed by atoms with Crippen LogP contribution in [0.1, 0.15) is 55.4 Å². The van der Waals surface area contributed by atoms with Crippen LogP contribution in [-0.4, -0.2) is 88.4 Å². The standard InChI is InChI=1S/C22H38ClN7O6/c23-18-20(25)29-19(24)17(28-18)21(34)30-22(26)27-8-2-1-3-13-4-6-16(7-5-13)36-12-15(33)11-35-10-14(32)9-31/h13-16,31-33H,1-12H2,(H4,24,25,29)(H3,26,27,30,34)/t13?,14-,15-,16?/m1/s1. The molecule has 1 saturated carbocycles. The number of aliphatic imine (C=N–C) groups is 1. The molecule has 1 aromatic rings. The highest BCUT2D eigenvalue weighted by Gasteiger charge is 2.22. The van der Waals surface area contributed by atoms with E-state index in [4.69, 9.17) is 43.4 Å². The molecule has 36 heavy (non-hydrogen) atoms. The normalized spacial score (nSPS) is 20.2. The smallest absolute Gasteiger partial charge is 0.280 e. The molecule has 1 fully saturated rings. The molecule has 204 valence electrons. The van der Waals surface area contributed by atoms with E-state index in [1.165, 1.54) is 0 Å². The van der Waals surface area contributed by atoms with Gasteiger partial charge in [0.25, 0.3) is 5.91 Å². The summed E-state index contributed by atoms with van der Waals surface area (Å²) in [5, 5.41) is 30.1. The number of rotatable bonds is 14. The van der Waals surface area contributed by atoms with Crippen molar-refractivity contribution < 1.29 is 29.6 Å². The van der Waals surface area contributed by atoms with Crippen molar-refractivity contribution >= 4 is 35.1 Å². The lowest BCUT2D eigenvalue weighted by molar-refractivity contribution is -0.0701. The molecule has 2 rings (SSSR count). The number of nitrogens with two attached hydrogens (primary N) is 3. The zero-order chi connectivity index (χ0) is 26.5. The second-order valence-corrected chi connectivity index (χ2v) is 9.21. The summed E-state index contributed by atoms with van der Waals surface area (Å²) in [7, 11) is 0. The van der Waals surface area contributed by atoms with Gasteiger partial charge in [0, 0.05) is 6.54 Å². The number of carbonyl (C=O) groups excluding carboxylic acids is 1. The molecule has 1 aromatic heterocycles. The topological polar surface area (TPSA) is 224 Å². The Bertz CT molecular complexity index is 854. The fourth-order valence-corrected chi connectivity index (χ4v) is 3.97. The van der Waals surface area contributed by atoms with Gasteiger partial charge in [-0.25, -0.2) is 9.97 Å². The first kappa shape index (κ1) is 29.9. The fraction of sp³-hybridized carbons (Fsp3) is 0.727. The van der Waals surface area contributed by atoms with Gasteiger partial charge in [0.05, 0.1) is 32.5 Å². The van der Waals surface area contributed by atoms with E-state index in [1.807, 2.05) is 0 Å². The van der Waals surface area contributed by atoms with Crippen LogP contribution in [0, 0.1) is 5.92 Å². The first-order chi connectivity index (χ1) is 17.2. The largest absolute Gasteiger partial charge is 0.394 e. The van der Waals surface area contributed by atoms with Crippen LogP contribution in [0.5, 0.6) is 0 Å². The molecule has 1 aliphatic carbocycles. The summed E-state index contributed by atoms with van der Waals surface area (Å²) in [5.41, 5.74) is 16.8. The molecule has 0 aliphatic heterocycles. The molecule has 2 atom stereocenters. The number of nitrogens with one attached hydrogen (secondary N) is 1. The number of anilines is 2. The number of hydrogen-bond acceptors (Lipinski definition) is 11. The summed E-state index contributed by atoms with van der Waals surface area (Å²) in [6.07, 6.45) is 5.34. The van der Waals surface area contributed by atoms with Gasteiger partial charge in [-0.1, -0.05) is 24.4 Å². The molecule has 1 amide bonds. The van der Waals surface area contributed by atoms with Gasteiger partial charge in [0.2, 0.25) is 0 Å². The van der Waals surface area contributed by atoms with E-state index in [-0.39, 0.29) is 61.0 Å². The third-order valence-corrected chi connectivity index (χ3v) is 6.09. The number of unbranched alkanes of at least 4 members (excludes halogenated alkanes) is 1. The van der Waals surface area contributed by atoms with Crippen LogP contribution in [0.2, 0.25) is 5.15 Å². The maximum Gasteiger partial charge on any atom is 0.280 e. The van der Waals surface area contributed by atoms with Crippen molar-refractivity contribution in [3.05, 3.63) is 10.8 Å². The second kappa shape index (κ2) is 15.7. The maximum absolute atomic E-state index is 12.2. The van der Waals surface area contributed by atoms with Gasteiger partial charge in [-0.15, -0.1) is 0 Å². The Kier molecular flexibility index (Phi) is 13.1. The summed E-state index contributed by atoms with van der Waals surface area (Å²) in [6, 6.07) is 0.